The summed E-state index contributed by atoms with van der Waals surface area (Å²) in [4.78, 5) is 37.8. The average molecular weight is 394 g/mol. The number of benzene rings is 2. The van der Waals surface area contributed by atoms with Gasteiger partial charge in [0.15, 0.2) is 0 Å². The van der Waals surface area contributed by atoms with Crippen molar-refractivity contribution in [3.63, 3.8) is 0 Å². The van der Waals surface area contributed by atoms with Gasteiger partial charge < -0.3 is 10.1 Å². The molecule has 1 aliphatic heterocycles. The molecule has 0 aromatic heterocycles. The number of hydrogen-bond donors (Lipinski definition) is 1. The van der Waals surface area contributed by atoms with Gasteiger partial charge in [0.05, 0.1) is 17.2 Å². The number of carbonyl (C=O) groups excluding carboxylic acids is 3. The molecule has 2 aromatic rings. The summed E-state index contributed by atoms with van der Waals surface area (Å²) in [7, 11) is 0. The number of amides is 3. The maximum absolute atomic E-state index is 12.3. The third-order valence-corrected chi connectivity index (χ3v) is 4.69. The number of rotatable bonds is 9. The molecule has 29 heavy (non-hydrogen) atoms. The maximum atomic E-state index is 12.3. The van der Waals surface area contributed by atoms with Crippen LogP contribution in [0.5, 0.6) is 5.75 Å². The van der Waals surface area contributed by atoms with Crippen molar-refractivity contribution >= 4 is 17.7 Å². The summed E-state index contributed by atoms with van der Waals surface area (Å²) in [5.74, 6) is 0.189. The molecule has 0 saturated heterocycles. The van der Waals surface area contributed by atoms with Crippen LogP contribution in [-0.4, -0.2) is 41.8 Å². The molecule has 0 fully saturated rings. The van der Waals surface area contributed by atoms with Crippen molar-refractivity contribution in [2.45, 2.75) is 39.2 Å². The summed E-state index contributed by atoms with van der Waals surface area (Å²) in [5, 5.41) is 2.88. The molecule has 0 spiro atoms. The number of imide groups is 1. The van der Waals surface area contributed by atoms with E-state index >= 15 is 0 Å². The summed E-state index contributed by atoms with van der Waals surface area (Å²) in [6.45, 7) is 4.75. The summed E-state index contributed by atoms with van der Waals surface area (Å²) in [5.41, 5.74) is 1.99. The molecular weight excluding hydrogens is 368 g/mol. The van der Waals surface area contributed by atoms with Crippen LogP contribution in [-0.2, 0) is 11.2 Å². The molecule has 0 aliphatic carbocycles. The second kappa shape index (κ2) is 9.37. The number of fused-ring (bicyclic) bond motifs is 1. The fraction of sp³-hybridized carbons (Fsp3) is 0.348. The molecule has 2 aromatic carbocycles. The van der Waals surface area contributed by atoms with E-state index in [2.05, 4.69) is 5.32 Å². The van der Waals surface area contributed by atoms with E-state index in [4.69, 9.17) is 4.74 Å². The largest absolute Gasteiger partial charge is 0.491 e. The van der Waals surface area contributed by atoms with Crippen LogP contribution >= 0.6 is 0 Å². The Morgan fingerprint density at radius 2 is 1.62 bits per heavy atom. The van der Waals surface area contributed by atoms with E-state index in [1.54, 1.807) is 24.3 Å². The highest BCUT2D eigenvalue weighted by molar-refractivity contribution is 6.21. The van der Waals surface area contributed by atoms with Crippen molar-refractivity contribution in [2.24, 2.45) is 0 Å². The SMILES string of the molecule is CC(C)Oc1ccc(CCNC(=O)CCCN2C(=O)c3ccccc3C2=O)cc1. The maximum Gasteiger partial charge on any atom is 0.261 e. The Balaban J connectivity index is 1.37. The molecule has 3 rings (SSSR count). The third-order valence-electron chi connectivity index (χ3n) is 4.69. The highest BCUT2D eigenvalue weighted by atomic mass is 16.5. The van der Waals surface area contributed by atoms with Crippen LogP contribution in [0, 0.1) is 0 Å². The molecule has 1 N–H and O–H groups in total. The van der Waals surface area contributed by atoms with E-state index < -0.39 is 0 Å². The molecule has 152 valence electrons. The van der Waals surface area contributed by atoms with E-state index in [1.807, 2.05) is 38.1 Å². The quantitative estimate of drug-likeness (QED) is 0.663. The number of ether oxygens (including phenoxy) is 1. The molecule has 3 amide bonds. The van der Waals surface area contributed by atoms with Crippen molar-refractivity contribution in [1.82, 2.24) is 10.2 Å². The molecule has 1 aliphatic rings. The van der Waals surface area contributed by atoms with Gasteiger partial charge in [0.25, 0.3) is 11.8 Å². The first-order valence-corrected chi connectivity index (χ1v) is 9.93. The average Bonchev–Trinajstić information content (AvgIpc) is 2.94. The second-order valence-corrected chi connectivity index (χ2v) is 7.32. The standard InChI is InChI=1S/C23H26N2O4/c1-16(2)29-18-11-9-17(10-12-18)13-14-24-21(26)8-5-15-25-22(27)19-6-3-4-7-20(19)23(25)28/h3-4,6-7,9-12,16H,5,8,13-15H2,1-2H3,(H,24,26). The molecule has 0 saturated carbocycles. The Bertz CT molecular complexity index is 855. The zero-order chi connectivity index (χ0) is 20.8. The summed E-state index contributed by atoms with van der Waals surface area (Å²) < 4.78 is 5.61. The Labute approximate surface area is 170 Å². The van der Waals surface area contributed by atoms with Gasteiger partial charge in [-0.1, -0.05) is 24.3 Å². The van der Waals surface area contributed by atoms with Crippen molar-refractivity contribution in [2.75, 3.05) is 13.1 Å². The Hall–Kier alpha value is -3.15. The van der Waals surface area contributed by atoms with Crippen LogP contribution in [0.2, 0.25) is 0 Å². The van der Waals surface area contributed by atoms with Gasteiger partial charge in [-0.3, -0.25) is 19.3 Å². The molecule has 6 nitrogen and oxygen atoms in total. The van der Waals surface area contributed by atoms with Crippen LogP contribution in [0.4, 0.5) is 0 Å². The summed E-state index contributed by atoms with van der Waals surface area (Å²) in [6.07, 6.45) is 1.58. The molecule has 0 radical (unpaired) electrons. The van der Waals surface area contributed by atoms with Crippen molar-refractivity contribution in [1.29, 1.82) is 0 Å². The minimum absolute atomic E-state index is 0.0821. The zero-order valence-electron chi connectivity index (χ0n) is 16.8. The van der Waals surface area contributed by atoms with E-state index in [1.165, 1.54) is 4.90 Å². The lowest BCUT2D eigenvalue weighted by molar-refractivity contribution is -0.121. The normalized spacial score (nSPS) is 13.0. The smallest absolute Gasteiger partial charge is 0.261 e. The van der Waals surface area contributed by atoms with Gasteiger partial charge in [0.1, 0.15) is 5.75 Å². The van der Waals surface area contributed by atoms with Gasteiger partial charge in [-0.25, -0.2) is 0 Å². The lowest BCUT2D eigenvalue weighted by Crippen LogP contribution is -2.32. The number of carbonyl (C=O) groups is 3. The van der Waals surface area contributed by atoms with E-state index in [9.17, 15) is 14.4 Å². The van der Waals surface area contributed by atoms with Gasteiger partial charge >= 0.3 is 0 Å². The highest BCUT2D eigenvalue weighted by Crippen LogP contribution is 2.22. The van der Waals surface area contributed by atoms with Gasteiger partial charge in [-0.15, -0.1) is 0 Å². The molecule has 0 bridgehead atoms. The first kappa shape index (κ1) is 20.6. The highest BCUT2D eigenvalue weighted by Gasteiger charge is 2.34. The topological polar surface area (TPSA) is 75.7 Å². The molecular formula is C23H26N2O4. The van der Waals surface area contributed by atoms with Gasteiger partial charge in [-0.2, -0.15) is 0 Å². The van der Waals surface area contributed by atoms with E-state index in [0.29, 0.717) is 24.1 Å². The monoisotopic (exact) mass is 394 g/mol. The van der Waals surface area contributed by atoms with Crippen molar-refractivity contribution in [3.05, 3.63) is 65.2 Å². The molecule has 6 heteroatoms. The predicted molar refractivity (Wildman–Crippen MR) is 110 cm³/mol. The predicted octanol–water partition coefficient (Wildman–Crippen LogP) is 3.21. The number of nitrogens with one attached hydrogen (secondary N) is 1. The van der Waals surface area contributed by atoms with Gasteiger partial charge in [-0.05, 0) is 56.5 Å². The van der Waals surface area contributed by atoms with E-state index in [0.717, 1.165) is 17.7 Å². The lowest BCUT2D eigenvalue weighted by atomic mass is 10.1. The Morgan fingerprint density at radius 1 is 1.00 bits per heavy atom. The van der Waals surface area contributed by atoms with Crippen LogP contribution in [0.3, 0.4) is 0 Å². The Morgan fingerprint density at radius 3 is 2.21 bits per heavy atom. The molecule has 0 atom stereocenters. The molecule has 0 unspecified atom stereocenters. The lowest BCUT2D eigenvalue weighted by Gasteiger charge is -2.13. The summed E-state index contributed by atoms with van der Waals surface area (Å²) >= 11 is 0. The fourth-order valence-corrected chi connectivity index (χ4v) is 3.28. The first-order valence-electron chi connectivity index (χ1n) is 9.93. The van der Waals surface area contributed by atoms with Gasteiger partial charge in [0.2, 0.25) is 5.91 Å². The minimum Gasteiger partial charge on any atom is -0.491 e. The molecule has 1 heterocycles. The Kier molecular flexibility index (Phi) is 6.65. The van der Waals surface area contributed by atoms with Crippen molar-refractivity contribution in [3.8, 4) is 5.75 Å². The van der Waals surface area contributed by atoms with Crippen LogP contribution in [0.25, 0.3) is 0 Å². The number of hydrogen-bond acceptors (Lipinski definition) is 4. The van der Waals surface area contributed by atoms with Crippen LogP contribution in [0.1, 0.15) is 53.0 Å². The zero-order valence-corrected chi connectivity index (χ0v) is 16.8. The number of nitrogens with zero attached hydrogens (tertiary/aromatic N) is 1. The van der Waals surface area contributed by atoms with Gasteiger partial charge in [0, 0.05) is 19.5 Å². The third kappa shape index (κ3) is 5.22. The van der Waals surface area contributed by atoms with E-state index in [-0.39, 0.29) is 36.8 Å². The van der Waals surface area contributed by atoms with Crippen LogP contribution in [0.15, 0.2) is 48.5 Å². The first-order chi connectivity index (χ1) is 14.0. The van der Waals surface area contributed by atoms with Crippen LogP contribution < -0.4 is 10.1 Å². The minimum atomic E-state index is -0.282. The summed E-state index contributed by atoms with van der Waals surface area (Å²) in [6, 6.07) is 14.6. The second-order valence-electron chi connectivity index (χ2n) is 7.32. The fourth-order valence-electron chi connectivity index (χ4n) is 3.28. The van der Waals surface area contributed by atoms with Crippen molar-refractivity contribution < 1.29 is 19.1 Å².